The van der Waals surface area contributed by atoms with Crippen LogP contribution in [-0.2, 0) is 0 Å². The molecule has 0 bridgehead atoms. The zero-order valence-corrected chi connectivity index (χ0v) is 16.2. The van der Waals surface area contributed by atoms with Crippen molar-refractivity contribution < 1.29 is 23.9 Å². The van der Waals surface area contributed by atoms with Crippen molar-refractivity contribution in [1.82, 2.24) is 0 Å². The molecule has 2 aromatic carbocycles. The third-order valence-electron chi connectivity index (χ3n) is 3.91. The monoisotopic (exact) mass is 388 g/mol. The third kappa shape index (κ3) is 5.12. The number of methoxy groups -OCH3 is 1. The number of benzene rings is 2. The van der Waals surface area contributed by atoms with Gasteiger partial charge >= 0.3 is 0 Å². The third-order valence-corrected chi connectivity index (χ3v) is 3.91. The van der Waals surface area contributed by atoms with Gasteiger partial charge in [-0.15, -0.1) is 0 Å². The molecule has 2 rings (SSSR count). The number of carbonyl (C=O) groups excluding carboxylic acids is 1. The summed E-state index contributed by atoms with van der Waals surface area (Å²) < 4.78 is 16.3. The first-order chi connectivity index (χ1) is 13.5. The number of ether oxygens (including phenoxy) is 3. The maximum absolute atomic E-state index is 12.8. The second-order valence-corrected chi connectivity index (χ2v) is 5.86. The summed E-state index contributed by atoms with van der Waals surface area (Å²) >= 11 is 0. The zero-order chi connectivity index (χ0) is 20.5. The number of rotatable bonds is 10. The van der Waals surface area contributed by atoms with Gasteiger partial charge in [-0.3, -0.25) is 14.9 Å². The van der Waals surface area contributed by atoms with Gasteiger partial charge in [-0.1, -0.05) is 25.5 Å². The molecule has 8 heteroatoms. The predicted octanol–water partition coefficient (Wildman–Crippen LogP) is 4.43. The number of nitrogens with one attached hydrogen (secondary N) is 1. The number of nitro benzene ring substituents is 1. The van der Waals surface area contributed by atoms with Crippen molar-refractivity contribution in [2.75, 3.05) is 25.6 Å². The molecule has 0 spiro atoms. The molecule has 0 fully saturated rings. The van der Waals surface area contributed by atoms with Crippen LogP contribution < -0.4 is 19.5 Å². The van der Waals surface area contributed by atoms with Crippen molar-refractivity contribution >= 4 is 17.3 Å². The molecule has 150 valence electrons. The summed E-state index contributed by atoms with van der Waals surface area (Å²) in [7, 11) is 1.38. The van der Waals surface area contributed by atoms with Gasteiger partial charge in [0, 0.05) is 6.07 Å². The first-order valence-electron chi connectivity index (χ1n) is 9.04. The lowest BCUT2D eigenvalue weighted by molar-refractivity contribution is -0.385. The molecule has 0 atom stereocenters. The second-order valence-electron chi connectivity index (χ2n) is 5.86. The lowest BCUT2D eigenvalue weighted by atomic mass is 10.1. The molecule has 0 aliphatic carbocycles. The van der Waals surface area contributed by atoms with Gasteiger partial charge in [-0.05, 0) is 25.5 Å². The molecule has 1 amide bonds. The van der Waals surface area contributed by atoms with Crippen LogP contribution >= 0.6 is 0 Å². The van der Waals surface area contributed by atoms with E-state index in [1.165, 1.54) is 19.2 Å². The van der Waals surface area contributed by atoms with Crippen molar-refractivity contribution in [1.29, 1.82) is 0 Å². The Hall–Kier alpha value is -3.29. The topological polar surface area (TPSA) is 99.9 Å². The van der Waals surface area contributed by atoms with Crippen LogP contribution in [0.25, 0.3) is 0 Å². The van der Waals surface area contributed by atoms with Gasteiger partial charge in [0.1, 0.15) is 11.3 Å². The van der Waals surface area contributed by atoms with Gasteiger partial charge in [0.05, 0.1) is 37.0 Å². The summed E-state index contributed by atoms with van der Waals surface area (Å²) in [6.45, 7) is 4.66. The molecule has 0 aliphatic heterocycles. The van der Waals surface area contributed by atoms with Crippen LogP contribution in [0.2, 0.25) is 0 Å². The Kier molecular flexibility index (Phi) is 7.62. The van der Waals surface area contributed by atoms with Crippen LogP contribution in [0.3, 0.4) is 0 Å². The van der Waals surface area contributed by atoms with Gasteiger partial charge in [-0.2, -0.15) is 0 Å². The Balaban J connectivity index is 2.36. The normalized spacial score (nSPS) is 10.2. The van der Waals surface area contributed by atoms with Crippen molar-refractivity contribution in [3.05, 3.63) is 52.1 Å². The van der Waals surface area contributed by atoms with E-state index < -0.39 is 10.8 Å². The van der Waals surface area contributed by atoms with Crippen LogP contribution in [0, 0.1) is 10.1 Å². The van der Waals surface area contributed by atoms with Crippen LogP contribution in [0.15, 0.2) is 36.4 Å². The minimum Gasteiger partial charge on any atom is -0.493 e. The van der Waals surface area contributed by atoms with Crippen molar-refractivity contribution in [2.45, 2.75) is 26.7 Å². The molecule has 0 unspecified atom stereocenters. The maximum Gasteiger partial charge on any atom is 0.286 e. The van der Waals surface area contributed by atoms with E-state index in [4.69, 9.17) is 14.2 Å². The summed E-state index contributed by atoms with van der Waals surface area (Å²) in [4.78, 5) is 23.6. The van der Waals surface area contributed by atoms with E-state index in [9.17, 15) is 14.9 Å². The average Bonchev–Trinajstić information content (AvgIpc) is 2.69. The van der Waals surface area contributed by atoms with Gasteiger partial charge in [0.15, 0.2) is 11.5 Å². The van der Waals surface area contributed by atoms with E-state index in [0.29, 0.717) is 24.7 Å². The molecular weight excluding hydrogens is 364 g/mol. The Morgan fingerprint density at radius 1 is 1.11 bits per heavy atom. The number of anilines is 1. The summed E-state index contributed by atoms with van der Waals surface area (Å²) in [6.07, 6.45) is 1.86. The first-order valence-corrected chi connectivity index (χ1v) is 9.04. The number of hydrogen-bond donors (Lipinski definition) is 1. The van der Waals surface area contributed by atoms with Gasteiger partial charge in [0.25, 0.3) is 11.6 Å². The summed E-state index contributed by atoms with van der Waals surface area (Å²) in [5.74, 6) is 0.314. The summed E-state index contributed by atoms with van der Waals surface area (Å²) in [6, 6.07) is 9.45. The minimum atomic E-state index is -0.637. The fourth-order valence-electron chi connectivity index (χ4n) is 2.52. The Bertz CT molecular complexity index is 837. The molecule has 8 nitrogen and oxygen atoms in total. The molecule has 28 heavy (non-hydrogen) atoms. The number of para-hydroxylation sites is 2. The van der Waals surface area contributed by atoms with Gasteiger partial charge < -0.3 is 19.5 Å². The number of nitrogens with zero attached hydrogens (tertiary/aromatic N) is 1. The molecule has 0 radical (unpaired) electrons. The standard InChI is InChI=1S/C20H24N2O6/c1-4-6-11-28-17-10-8-7-9-15(17)21-20(23)14-12-19(27-5-2)18(26-3)13-16(14)22(24)25/h7-10,12-13H,4-6,11H2,1-3H3,(H,21,23). The van der Waals surface area contributed by atoms with Crippen molar-refractivity contribution in [3.63, 3.8) is 0 Å². The lowest BCUT2D eigenvalue weighted by Crippen LogP contribution is -2.15. The highest BCUT2D eigenvalue weighted by Gasteiger charge is 2.25. The number of amides is 1. The van der Waals surface area contributed by atoms with Gasteiger partial charge in [0.2, 0.25) is 0 Å². The molecule has 0 saturated carbocycles. The number of unbranched alkanes of at least 4 members (excludes halogenated alkanes) is 1. The molecule has 0 aliphatic rings. The number of nitro groups is 1. The zero-order valence-electron chi connectivity index (χ0n) is 16.2. The molecule has 0 saturated heterocycles. The predicted molar refractivity (Wildman–Crippen MR) is 106 cm³/mol. The largest absolute Gasteiger partial charge is 0.493 e. The van der Waals surface area contributed by atoms with Crippen LogP contribution in [-0.4, -0.2) is 31.2 Å². The van der Waals surface area contributed by atoms with Crippen molar-refractivity contribution in [3.8, 4) is 17.2 Å². The maximum atomic E-state index is 12.8. The van der Waals surface area contributed by atoms with Crippen LogP contribution in [0.4, 0.5) is 11.4 Å². The number of hydrogen-bond acceptors (Lipinski definition) is 6. The Labute approximate surface area is 163 Å². The molecule has 0 heterocycles. The smallest absolute Gasteiger partial charge is 0.286 e. The average molecular weight is 388 g/mol. The Morgan fingerprint density at radius 3 is 2.50 bits per heavy atom. The van der Waals surface area contributed by atoms with E-state index in [1.807, 2.05) is 0 Å². The number of carbonyl (C=O) groups is 1. The van der Waals surface area contributed by atoms with E-state index in [2.05, 4.69) is 12.2 Å². The van der Waals surface area contributed by atoms with Crippen LogP contribution in [0.5, 0.6) is 17.2 Å². The highest BCUT2D eigenvalue weighted by atomic mass is 16.6. The molecular formula is C20H24N2O6. The highest BCUT2D eigenvalue weighted by molar-refractivity contribution is 6.08. The second kappa shape index (κ2) is 10.1. The highest BCUT2D eigenvalue weighted by Crippen LogP contribution is 2.35. The fraction of sp³-hybridized carbons (Fsp3) is 0.350. The summed E-state index contributed by atoms with van der Waals surface area (Å²) in [5, 5.41) is 14.2. The first kappa shape index (κ1) is 21.0. The van der Waals surface area contributed by atoms with Gasteiger partial charge in [-0.25, -0.2) is 0 Å². The molecule has 1 N–H and O–H groups in total. The molecule has 2 aromatic rings. The Morgan fingerprint density at radius 2 is 1.86 bits per heavy atom. The lowest BCUT2D eigenvalue weighted by Gasteiger charge is -2.14. The van der Waals surface area contributed by atoms with E-state index in [-0.39, 0.29) is 22.7 Å². The van der Waals surface area contributed by atoms with E-state index in [0.717, 1.165) is 12.8 Å². The molecule has 0 aromatic heterocycles. The summed E-state index contributed by atoms with van der Waals surface area (Å²) in [5.41, 5.74) is -0.0634. The van der Waals surface area contributed by atoms with E-state index in [1.54, 1.807) is 31.2 Å². The minimum absolute atomic E-state index is 0.127. The fourth-order valence-corrected chi connectivity index (χ4v) is 2.52. The quantitative estimate of drug-likeness (QED) is 0.367. The van der Waals surface area contributed by atoms with Crippen LogP contribution in [0.1, 0.15) is 37.0 Å². The van der Waals surface area contributed by atoms with Crippen molar-refractivity contribution in [2.24, 2.45) is 0 Å². The van der Waals surface area contributed by atoms with E-state index >= 15 is 0 Å². The SMILES string of the molecule is CCCCOc1ccccc1NC(=O)c1cc(OCC)c(OC)cc1[N+](=O)[O-].